The highest BCUT2D eigenvalue weighted by Crippen LogP contribution is 2.38. The van der Waals surface area contributed by atoms with Crippen molar-refractivity contribution in [2.45, 2.75) is 0 Å². The predicted molar refractivity (Wildman–Crippen MR) is 108 cm³/mol. The van der Waals surface area contributed by atoms with Gasteiger partial charge in [0.1, 0.15) is 17.0 Å². The molecule has 0 saturated carbocycles. The molecule has 0 N–H and O–H groups in total. The maximum atomic E-state index is 13.0. The fraction of sp³-hybridized carbons (Fsp3) is 0.143. The monoisotopic (exact) mass is 394 g/mol. The second kappa shape index (κ2) is 7.36. The van der Waals surface area contributed by atoms with E-state index in [4.69, 9.17) is 14.2 Å². The van der Waals surface area contributed by atoms with E-state index in [1.165, 1.54) is 26.0 Å². The molecule has 0 bridgehead atoms. The van der Waals surface area contributed by atoms with Crippen LogP contribution in [0.5, 0.6) is 17.2 Å². The summed E-state index contributed by atoms with van der Waals surface area (Å²) in [4.78, 5) is 17.3. The highest BCUT2D eigenvalue weighted by molar-refractivity contribution is 7.21. The average Bonchev–Trinajstić information content (AvgIpc) is 3.38. The van der Waals surface area contributed by atoms with E-state index < -0.39 is 0 Å². The molecular formula is C21H18N2O4S. The third-order valence-electron chi connectivity index (χ3n) is 4.41. The summed E-state index contributed by atoms with van der Waals surface area (Å²) in [5.41, 5.74) is 0.753. The van der Waals surface area contributed by atoms with Gasteiger partial charge in [-0.25, -0.2) is 4.98 Å². The summed E-state index contributed by atoms with van der Waals surface area (Å²) in [5.74, 6) is 1.07. The van der Waals surface area contributed by atoms with Crippen LogP contribution in [0.3, 0.4) is 0 Å². The Balaban J connectivity index is 1.69. The molecule has 7 heteroatoms. The van der Waals surface area contributed by atoms with Gasteiger partial charge >= 0.3 is 0 Å². The van der Waals surface area contributed by atoms with E-state index in [0.29, 0.717) is 28.5 Å². The molecule has 0 unspecified atom stereocenters. The zero-order chi connectivity index (χ0) is 19.7. The first kappa shape index (κ1) is 18.1. The van der Waals surface area contributed by atoms with Crippen molar-refractivity contribution < 1.29 is 19.0 Å². The van der Waals surface area contributed by atoms with Gasteiger partial charge in [-0.15, -0.1) is 11.3 Å². The summed E-state index contributed by atoms with van der Waals surface area (Å²) in [6, 6.07) is 13.5. The largest absolute Gasteiger partial charge is 0.493 e. The molecular weight excluding hydrogens is 376 g/mol. The fourth-order valence-corrected chi connectivity index (χ4v) is 4.02. The number of ether oxygens (including phenoxy) is 3. The van der Waals surface area contributed by atoms with Crippen LogP contribution in [0.2, 0.25) is 0 Å². The predicted octanol–water partition coefficient (Wildman–Crippen LogP) is 4.34. The first-order valence-corrected chi connectivity index (χ1v) is 9.34. The van der Waals surface area contributed by atoms with E-state index in [9.17, 15) is 4.79 Å². The molecule has 142 valence electrons. The molecule has 4 aromatic rings. The summed E-state index contributed by atoms with van der Waals surface area (Å²) in [6.07, 6.45) is 3.38. The topological polar surface area (TPSA) is 62.6 Å². The van der Waals surface area contributed by atoms with Crippen molar-refractivity contribution in [2.75, 3.05) is 21.3 Å². The molecule has 0 atom stereocenters. The van der Waals surface area contributed by atoms with Crippen molar-refractivity contribution >= 4 is 27.2 Å². The molecule has 0 saturated heterocycles. The Kier molecular flexibility index (Phi) is 4.75. The van der Waals surface area contributed by atoms with E-state index in [0.717, 1.165) is 10.4 Å². The Hall–Kier alpha value is -3.32. The van der Waals surface area contributed by atoms with E-state index in [1.54, 1.807) is 36.0 Å². The number of rotatable bonds is 6. The highest BCUT2D eigenvalue weighted by atomic mass is 32.1. The molecule has 4 rings (SSSR count). The molecule has 0 aliphatic heterocycles. The number of carbonyl (C=O) groups excluding carboxylic acids is 1. The molecule has 0 aliphatic rings. The van der Waals surface area contributed by atoms with Crippen molar-refractivity contribution in [3.63, 3.8) is 0 Å². The van der Waals surface area contributed by atoms with Crippen LogP contribution < -0.4 is 14.2 Å². The zero-order valence-electron chi connectivity index (χ0n) is 15.6. The van der Waals surface area contributed by atoms with E-state index in [1.807, 2.05) is 16.7 Å². The molecule has 0 spiro atoms. The number of hydrogen-bond acceptors (Lipinski definition) is 6. The quantitative estimate of drug-likeness (QED) is 0.455. The molecule has 28 heavy (non-hydrogen) atoms. The first-order chi connectivity index (χ1) is 13.6. The number of imidazole rings is 1. The summed E-state index contributed by atoms with van der Waals surface area (Å²) in [6.45, 7) is 0. The van der Waals surface area contributed by atoms with Gasteiger partial charge in [-0.1, -0.05) is 18.2 Å². The van der Waals surface area contributed by atoms with Gasteiger partial charge in [0.2, 0.25) is 11.5 Å². The van der Waals surface area contributed by atoms with Gasteiger partial charge in [-0.3, -0.25) is 9.36 Å². The van der Waals surface area contributed by atoms with E-state index >= 15 is 0 Å². The Labute approximate surface area is 165 Å². The minimum absolute atomic E-state index is 0.223. The Bertz CT molecular complexity index is 1100. The minimum atomic E-state index is -0.223. The number of ketones is 1. The normalized spacial score (nSPS) is 10.8. The number of benzene rings is 2. The van der Waals surface area contributed by atoms with Gasteiger partial charge in [0.25, 0.3) is 0 Å². The standard InChI is InChI=1S/C21H18N2O4S/c1-25-16-8-14(9-17(26-2)21(16)27-3)20(24)15-11-23(12-22-15)19-10-13-6-4-5-7-18(13)28-19/h4-12H,1-3H3. The van der Waals surface area contributed by atoms with E-state index in [-0.39, 0.29) is 5.78 Å². The second-order valence-corrected chi connectivity index (χ2v) is 7.09. The second-order valence-electron chi connectivity index (χ2n) is 6.03. The van der Waals surface area contributed by atoms with Crippen molar-refractivity contribution in [3.05, 3.63) is 66.2 Å². The molecule has 6 nitrogen and oxygen atoms in total. The molecule has 2 aromatic carbocycles. The fourth-order valence-electron chi connectivity index (χ4n) is 3.02. The zero-order valence-corrected chi connectivity index (χ0v) is 16.4. The summed E-state index contributed by atoms with van der Waals surface area (Å²) >= 11 is 1.64. The van der Waals surface area contributed by atoms with Crippen LogP contribution in [0.25, 0.3) is 15.1 Å². The van der Waals surface area contributed by atoms with Crippen LogP contribution in [0.1, 0.15) is 16.1 Å². The maximum absolute atomic E-state index is 13.0. The summed E-state index contributed by atoms with van der Waals surface area (Å²) in [7, 11) is 4.55. The summed E-state index contributed by atoms with van der Waals surface area (Å²) < 4.78 is 19.0. The third kappa shape index (κ3) is 3.10. The van der Waals surface area contributed by atoms with Crippen molar-refractivity contribution in [2.24, 2.45) is 0 Å². The van der Waals surface area contributed by atoms with Crippen LogP contribution >= 0.6 is 11.3 Å². The summed E-state index contributed by atoms with van der Waals surface area (Å²) in [5, 5.41) is 2.16. The lowest BCUT2D eigenvalue weighted by Gasteiger charge is -2.13. The van der Waals surface area contributed by atoms with Crippen LogP contribution in [0.15, 0.2) is 55.0 Å². The van der Waals surface area contributed by atoms with Crippen LogP contribution in [-0.2, 0) is 0 Å². The number of nitrogens with zero attached hydrogens (tertiary/aromatic N) is 2. The molecule has 0 amide bonds. The van der Waals surface area contributed by atoms with Gasteiger partial charge in [0, 0.05) is 16.5 Å². The number of fused-ring (bicyclic) bond motifs is 1. The molecule has 0 aliphatic carbocycles. The molecule has 2 aromatic heterocycles. The lowest BCUT2D eigenvalue weighted by Crippen LogP contribution is -2.04. The molecule has 2 heterocycles. The first-order valence-electron chi connectivity index (χ1n) is 8.52. The number of methoxy groups -OCH3 is 3. The molecule has 0 fully saturated rings. The van der Waals surface area contributed by atoms with Gasteiger partial charge in [-0.2, -0.15) is 0 Å². The van der Waals surface area contributed by atoms with Gasteiger partial charge < -0.3 is 14.2 Å². The van der Waals surface area contributed by atoms with Gasteiger partial charge in [0.05, 0.1) is 21.3 Å². The number of aromatic nitrogens is 2. The van der Waals surface area contributed by atoms with Crippen LogP contribution in [-0.4, -0.2) is 36.7 Å². The lowest BCUT2D eigenvalue weighted by atomic mass is 10.1. The van der Waals surface area contributed by atoms with Crippen LogP contribution in [0.4, 0.5) is 0 Å². The molecule has 0 radical (unpaired) electrons. The van der Waals surface area contributed by atoms with Gasteiger partial charge in [-0.05, 0) is 29.7 Å². The third-order valence-corrected chi connectivity index (χ3v) is 5.54. The lowest BCUT2D eigenvalue weighted by molar-refractivity contribution is 0.103. The van der Waals surface area contributed by atoms with Gasteiger partial charge in [0.15, 0.2) is 11.5 Å². The Morgan fingerprint density at radius 1 is 1.00 bits per heavy atom. The minimum Gasteiger partial charge on any atom is -0.493 e. The number of thiophene rings is 1. The van der Waals surface area contributed by atoms with Crippen molar-refractivity contribution in [3.8, 4) is 22.2 Å². The SMILES string of the molecule is COc1cc(C(=O)c2cn(-c3cc4ccccc4s3)cn2)cc(OC)c1OC. The van der Waals surface area contributed by atoms with Crippen molar-refractivity contribution in [1.82, 2.24) is 9.55 Å². The maximum Gasteiger partial charge on any atom is 0.213 e. The van der Waals surface area contributed by atoms with Crippen LogP contribution in [0, 0.1) is 0 Å². The van der Waals surface area contributed by atoms with Crippen molar-refractivity contribution in [1.29, 1.82) is 0 Å². The Morgan fingerprint density at radius 2 is 1.71 bits per heavy atom. The smallest absolute Gasteiger partial charge is 0.213 e. The highest BCUT2D eigenvalue weighted by Gasteiger charge is 2.20. The number of hydrogen-bond donors (Lipinski definition) is 0. The van der Waals surface area contributed by atoms with E-state index in [2.05, 4.69) is 23.2 Å². The average molecular weight is 394 g/mol. The Morgan fingerprint density at radius 3 is 2.36 bits per heavy atom. The number of carbonyl (C=O) groups is 1.